The molecule has 1 unspecified atom stereocenters. The van der Waals surface area contributed by atoms with Crippen molar-refractivity contribution in [1.82, 2.24) is 4.90 Å². The number of nitrogens with zero attached hydrogens (tertiary/aromatic N) is 1. The van der Waals surface area contributed by atoms with Crippen molar-refractivity contribution in [2.24, 2.45) is 5.92 Å². The second-order valence-electron chi connectivity index (χ2n) is 6.71. The van der Waals surface area contributed by atoms with Crippen LogP contribution in [-0.4, -0.2) is 29.6 Å². The smallest absolute Gasteiger partial charge is 0.0917 e. The molecule has 1 fully saturated rings. The molecule has 1 N–H and O–H groups in total. The Labute approximate surface area is 123 Å². The number of aliphatic hydroxyl groups is 1. The summed E-state index contributed by atoms with van der Waals surface area (Å²) in [5, 5.41) is 10.4. The van der Waals surface area contributed by atoms with E-state index in [0.29, 0.717) is 6.04 Å². The van der Waals surface area contributed by atoms with E-state index in [2.05, 4.69) is 50.9 Å². The van der Waals surface area contributed by atoms with Crippen molar-refractivity contribution in [2.45, 2.75) is 58.6 Å². The Kier molecular flexibility index (Phi) is 5.22. The van der Waals surface area contributed by atoms with E-state index in [0.717, 1.165) is 18.0 Å². The Morgan fingerprint density at radius 3 is 2.40 bits per heavy atom. The molecule has 0 amide bonds. The van der Waals surface area contributed by atoms with Gasteiger partial charge < -0.3 is 10.0 Å². The Morgan fingerprint density at radius 2 is 1.80 bits per heavy atom. The third-order valence-corrected chi connectivity index (χ3v) is 4.99. The van der Waals surface area contributed by atoms with Crippen molar-refractivity contribution in [3.63, 3.8) is 0 Å². The van der Waals surface area contributed by atoms with E-state index >= 15 is 0 Å². The van der Waals surface area contributed by atoms with Gasteiger partial charge in [0.05, 0.1) is 6.10 Å². The molecule has 0 saturated heterocycles. The minimum Gasteiger partial charge on any atom is -0.387 e. The van der Waals surface area contributed by atoms with E-state index in [1.54, 1.807) is 0 Å². The average Bonchev–Trinajstić information content (AvgIpc) is 2.42. The lowest BCUT2D eigenvalue weighted by Gasteiger charge is -2.34. The topological polar surface area (TPSA) is 23.5 Å². The van der Waals surface area contributed by atoms with Gasteiger partial charge in [0.2, 0.25) is 0 Å². The molecular formula is C18H29NO. The minimum absolute atomic E-state index is 0.376. The SMILES string of the molecule is Cc1ccc(C(O)CN(C)C2CCC(C)CC2)cc1C. The van der Waals surface area contributed by atoms with E-state index in [-0.39, 0.29) is 6.10 Å². The van der Waals surface area contributed by atoms with Crippen LogP contribution in [0.5, 0.6) is 0 Å². The van der Waals surface area contributed by atoms with Crippen LogP contribution in [0, 0.1) is 19.8 Å². The fourth-order valence-corrected chi connectivity index (χ4v) is 3.18. The van der Waals surface area contributed by atoms with Gasteiger partial charge in [-0.3, -0.25) is 0 Å². The Hall–Kier alpha value is -0.860. The normalized spacial score (nSPS) is 24.9. The quantitative estimate of drug-likeness (QED) is 0.902. The van der Waals surface area contributed by atoms with E-state index in [9.17, 15) is 5.11 Å². The van der Waals surface area contributed by atoms with Crippen LogP contribution < -0.4 is 0 Å². The van der Waals surface area contributed by atoms with Gasteiger partial charge in [-0.1, -0.05) is 25.1 Å². The highest BCUT2D eigenvalue weighted by Crippen LogP contribution is 2.27. The lowest BCUT2D eigenvalue weighted by atomic mass is 9.86. The molecule has 0 spiro atoms. The van der Waals surface area contributed by atoms with Gasteiger partial charge >= 0.3 is 0 Å². The predicted molar refractivity (Wildman–Crippen MR) is 84.9 cm³/mol. The zero-order chi connectivity index (χ0) is 14.7. The maximum absolute atomic E-state index is 10.4. The second-order valence-corrected chi connectivity index (χ2v) is 6.71. The molecule has 112 valence electrons. The van der Waals surface area contributed by atoms with Crippen LogP contribution >= 0.6 is 0 Å². The van der Waals surface area contributed by atoms with Crippen molar-refractivity contribution < 1.29 is 5.11 Å². The molecule has 0 aliphatic heterocycles. The molecule has 1 aliphatic rings. The highest BCUT2D eigenvalue weighted by molar-refractivity contribution is 5.31. The summed E-state index contributed by atoms with van der Waals surface area (Å²) < 4.78 is 0. The fourth-order valence-electron chi connectivity index (χ4n) is 3.18. The third-order valence-electron chi connectivity index (χ3n) is 4.99. The van der Waals surface area contributed by atoms with Crippen molar-refractivity contribution in [2.75, 3.05) is 13.6 Å². The maximum atomic E-state index is 10.4. The standard InChI is InChI=1S/C18H29NO/c1-13-5-9-17(10-6-13)19(4)12-18(20)16-8-7-14(2)15(3)11-16/h7-8,11,13,17-18,20H,5-6,9-10,12H2,1-4H3. The molecule has 0 aromatic heterocycles. The van der Waals surface area contributed by atoms with Crippen LogP contribution in [0.2, 0.25) is 0 Å². The van der Waals surface area contributed by atoms with Gasteiger partial charge in [0, 0.05) is 12.6 Å². The molecule has 1 aromatic rings. The van der Waals surface area contributed by atoms with E-state index < -0.39 is 0 Å². The van der Waals surface area contributed by atoms with Crippen LogP contribution in [0.3, 0.4) is 0 Å². The first kappa shape index (κ1) is 15.5. The summed E-state index contributed by atoms with van der Waals surface area (Å²) in [6.07, 6.45) is 4.83. The number of aliphatic hydroxyl groups excluding tert-OH is 1. The van der Waals surface area contributed by atoms with Gasteiger partial charge in [-0.05, 0) is 69.2 Å². The molecule has 1 atom stereocenters. The lowest BCUT2D eigenvalue weighted by Crippen LogP contribution is -2.37. The monoisotopic (exact) mass is 275 g/mol. The highest BCUT2D eigenvalue weighted by atomic mass is 16.3. The molecule has 2 heteroatoms. The number of rotatable bonds is 4. The van der Waals surface area contributed by atoms with Crippen LogP contribution in [0.4, 0.5) is 0 Å². The zero-order valence-corrected chi connectivity index (χ0v) is 13.4. The van der Waals surface area contributed by atoms with Crippen LogP contribution in [0.1, 0.15) is 55.4 Å². The Balaban J connectivity index is 1.93. The summed E-state index contributed by atoms with van der Waals surface area (Å²) in [4.78, 5) is 2.35. The summed E-state index contributed by atoms with van der Waals surface area (Å²) in [5.74, 6) is 0.879. The minimum atomic E-state index is -0.376. The molecule has 0 heterocycles. The van der Waals surface area contributed by atoms with Crippen molar-refractivity contribution in [3.05, 3.63) is 34.9 Å². The van der Waals surface area contributed by atoms with E-state index in [4.69, 9.17) is 0 Å². The van der Waals surface area contributed by atoms with Crippen molar-refractivity contribution in [1.29, 1.82) is 0 Å². The summed E-state index contributed by atoms with van der Waals surface area (Å²) in [6.45, 7) is 7.31. The summed E-state index contributed by atoms with van der Waals surface area (Å²) >= 11 is 0. The number of aryl methyl sites for hydroxylation is 2. The lowest BCUT2D eigenvalue weighted by molar-refractivity contribution is 0.0857. The van der Waals surface area contributed by atoms with Gasteiger partial charge in [0.1, 0.15) is 0 Å². The van der Waals surface area contributed by atoms with E-state index in [1.807, 2.05) is 0 Å². The van der Waals surface area contributed by atoms with Gasteiger partial charge in [-0.15, -0.1) is 0 Å². The zero-order valence-electron chi connectivity index (χ0n) is 13.4. The molecule has 2 nitrogen and oxygen atoms in total. The Bertz CT molecular complexity index is 435. The summed E-state index contributed by atoms with van der Waals surface area (Å²) in [7, 11) is 2.16. The van der Waals surface area contributed by atoms with Gasteiger partial charge in [-0.2, -0.15) is 0 Å². The highest BCUT2D eigenvalue weighted by Gasteiger charge is 2.23. The Morgan fingerprint density at radius 1 is 1.15 bits per heavy atom. The number of hydrogen-bond acceptors (Lipinski definition) is 2. The van der Waals surface area contributed by atoms with Gasteiger partial charge in [-0.25, -0.2) is 0 Å². The first-order valence-electron chi connectivity index (χ1n) is 7.93. The maximum Gasteiger partial charge on any atom is 0.0917 e. The van der Waals surface area contributed by atoms with Crippen LogP contribution in [0.25, 0.3) is 0 Å². The van der Waals surface area contributed by atoms with Gasteiger partial charge in [0.25, 0.3) is 0 Å². The molecule has 0 radical (unpaired) electrons. The molecule has 2 rings (SSSR count). The largest absolute Gasteiger partial charge is 0.387 e. The van der Waals surface area contributed by atoms with Crippen LogP contribution in [0.15, 0.2) is 18.2 Å². The number of benzene rings is 1. The predicted octanol–water partition coefficient (Wildman–Crippen LogP) is 3.85. The molecule has 1 saturated carbocycles. The third kappa shape index (κ3) is 3.83. The molecule has 1 aromatic carbocycles. The second kappa shape index (κ2) is 6.73. The molecule has 20 heavy (non-hydrogen) atoms. The summed E-state index contributed by atoms with van der Waals surface area (Å²) in [5.41, 5.74) is 3.59. The van der Waals surface area contributed by atoms with Crippen LogP contribution in [-0.2, 0) is 0 Å². The molecule has 1 aliphatic carbocycles. The first-order chi connectivity index (χ1) is 9.47. The summed E-state index contributed by atoms with van der Waals surface area (Å²) in [6, 6.07) is 6.93. The first-order valence-corrected chi connectivity index (χ1v) is 7.93. The van der Waals surface area contributed by atoms with Crippen molar-refractivity contribution >= 4 is 0 Å². The fraction of sp³-hybridized carbons (Fsp3) is 0.667. The number of hydrogen-bond donors (Lipinski definition) is 1. The molecule has 0 bridgehead atoms. The van der Waals surface area contributed by atoms with Crippen molar-refractivity contribution in [3.8, 4) is 0 Å². The van der Waals surface area contributed by atoms with Gasteiger partial charge in [0.15, 0.2) is 0 Å². The van der Waals surface area contributed by atoms with E-state index in [1.165, 1.54) is 36.8 Å². The molecular weight excluding hydrogens is 246 g/mol. The average molecular weight is 275 g/mol. The number of likely N-dealkylation sites (N-methyl/N-ethyl adjacent to an activating group) is 1.